The first-order chi connectivity index (χ1) is 11.1. The van der Waals surface area contributed by atoms with Crippen LogP contribution in [-0.4, -0.2) is 6.17 Å². The molecule has 3 rings (SSSR count). The summed E-state index contributed by atoms with van der Waals surface area (Å²) in [6, 6.07) is 27.6. The molecule has 0 N–H and O–H groups in total. The predicted octanol–water partition coefficient (Wildman–Crippen LogP) is 5.09. The fraction of sp³-hybridized carbons (Fsp3) is 0.0526. The Labute approximate surface area is 148 Å². The van der Waals surface area contributed by atoms with Gasteiger partial charge in [-0.2, -0.15) is 0 Å². The van der Waals surface area contributed by atoms with E-state index in [2.05, 4.69) is 22.0 Å². The van der Waals surface area contributed by atoms with Gasteiger partial charge in [0.15, 0.2) is 0 Å². The number of hydrogen-bond acceptors (Lipinski definition) is 0. The molecule has 0 heterocycles. The zero-order chi connectivity index (χ0) is 16.4. The summed E-state index contributed by atoms with van der Waals surface area (Å²) in [7, 11) is 0. The number of benzene rings is 3. The van der Waals surface area contributed by atoms with Gasteiger partial charge in [-0.3, -0.25) is 0 Å². The molecule has 0 saturated carbocycles. The summed E-state index contributed by atoms with van der Waals surface area (Å²) in [6.07, 6.45) is -2.49. The summed E-state index contributed by atoms with van der Waals surface area (Å²) < 4.78 is 25.8. The van der Waals surface area contributed by atoms with Crippen molar-refractivity contribution in [1.82, 2.24) is 0 Å². The van der Waals surface area contributed by atoms with Gasteiger partial charge >= 0.3 is 148 Å². The van der Waals surface area contributed by atoms with Gasteiger partial charge in [0.2, 0.25) is 0 Å². The first kappa shape index (κ1) is 16.5. The molecular weight excluding hydrogens is 424 g/mol. The number of halogens is 3. The quantitative estimate of drug-likeness (QED) is 0.392. The van der Waals surface area contributed by atoms with E-state index in [9.17, 15) is 8.78 Å². The Hall–Kier alpha value is -1.32. The van der Waals surface area contributed by atoms with Crippen molar-refractivity contribution in [2.75, 3.05) is 0 Å². The molecule has 0 amide bonds. The third-order valence-corrected chi connectivity index (χ3v) is 15.1. The SMILES string of the molecule is FC(F)P(I)(c1ccccc1)(c1ccccc1)c1ccccc1. The van der Waals surface area contributed by atoms with Gasteiger partial charge in [-0.1, -0.05) is 0 Å². The molecule has 0 aliphatic rings. The van der Waals surface area contributed by atoms with E-state index < -0.39 is 10.4 Å². The van der Waals surface area contributed by atoms with Crippen LogP contribution in [-0.2, 0) is 0 Å². The van der Waals surface area contributed by atoms with Crippen LogP contribution in [0.3, 0.4) is 0 Å². The van der Waals surface area contributed by atoms with E-state index in [1.807, 2.05) is 91.0 Å². The van der Waals surface area contributed by atoms with E-state index in [-0.39, 0.29) is 0 Å². The van der Waals surface area contributed by atoms with Crippen LogP contribution in [0, 0.1) is 0 Å². The fourth-order valence-corrected chi connectivity index (χ4v) is 9.67. The van der Waals surface area contributed by atoms with Gasteiger partial charge in [0.25, 0.3) is 0 Å². The maximum atomic E-state index is 14.8. The van der Waals surface area contributed by atoms with Crippen molar-refractivity contribution in [3.05, 3.63) is 91.0 Å². The van der Waals surface area contributed by atoms with Crippen LogP contribution in [0.15, 0.2) is 91.0 Å². The Bertz CT molecular complexity index is 677. The zero-order valence-electron chi connectivity index (χ0n) is 12.3. The van der Waals surface area contributed by atoms with Gasteiger partial charge < -0.3 is 0 Å². The van der Waals surface area contributed by atoms with Crippen LogP contribution in [0.5, 0.6) is 0 Å². The van der Waals surface area contributed by atoms with Crippen LogP contribution < -0.4 is 15.9 Å². The second-order valence-corrected chi connectivity index (χ2v) is 15.5. The molecule has 0 atom stereocenters. The van der Waals surface area contributed by atoms with Crippen molar-refractivity contribution < 1.29 is 8.78 Å². The average Bonchev–Trinajstić information content (AvgIpc) is 2.63. The van der Waals surface area contributed by atoms with Gasteiger partial charge in [0.1, 0.15) is 0 Å². The number of hydrogen-bond donors (Lipinski definition) is 0. The molecular formula is C19H16F2IP. The average molecular weight is 440 g/mol. The second-order valence-electron chi connectivity index (χ2n) is 5.36. The molecule has 0 aliphatic heterocycles. The molecule has 0 saturated heterocycles. The van der Waals surface area contributed by atoms with Crippen molar-refractivity contribution >= 4 is 42.2 Å². The summed E-state index contributed by atoms with van der Waals surface area (Å²) >= 11 is 2.08. The van der Waals surface area contributed by atoms with Crippen molar-refractivity contribution in [3.63, 3.8) is 0 Å². The summed E-state index contributed by atoms with van der Waals surface area (Å²) in [6.45, 7) is 0. The minimum atomic E-state index is -3.87. The summed E-state index contributed by atoms with van der Waals surface area (Å²) in [5.41, 5.74) is 0. The summed E-state index contributed by atoms with van der Waals surface area (Å²) in [4.78, 5) is 0. The number of rotatable bonds is 4. The number of alkyl halides is 2. The first-order valence-electron chi connectivity index (χ1n) is 7.27. The molecule has 3 aromatic rings. The Balaban J connectivity index is 2.47. The molecule has 0 spiro atoms. The molecule has 0 unspecified atom stereocenters. The molecule has 0 bridgehead atoms. The molecule has 0 fully saturated rings. The summed E-state index contributed by atoms with van der Waals surface area (Å²) in [5, 5.41) is 2.10. The Morgan fingerprint density at radius 1 is 0.565 bits per heavy atom. The van der Waals surface area contributed by atoms with Crippen LogP contribution >= 0.6 is 26.3 Å². The van der Waals surface area contributed by atoms with Crippen LogP contribution in [0.25, 0.3) is 0 Å². The zero-order valence-corrected chi connectivity index (χ0v) is 15.4. The van der Waals surface area contributed by atoms with Crippen molar-refractivity contribution in [2.45, 2.75) is 6.17 Å². The molecule has 4 heteroatoms. The van der Waals surface area contributed by atoms with E-state index in [4.69, 9.17) is 0 Å². The van der Waals surface area contributed by atoms with Crippen molar-refractivity contribution in [2.24, 2.45) is 0 Å². The van der Waals surface area contributed by atoms with Crippen LogP contribution in [0.2, 0.25) is 0 Å². The Kier molecular flexibility index (Phi) is 4.52. The third kappa shape index (κ3) is 2.41. The van der Waals surface area contributed by atoms with Gasteiger partial charge in [0, 0.05) is 0 Å². The topological polar surface area (TPSA) is 0 Å². The molecule has 0 nitrogen and oxygen atoms in total. The first-order valence-corrected chi connectivity index (χ1v) is 12.4. The molecule has 0 aromatic heterocycles. The molecule has 23 heavy (non-hydrogen) atoms. The van der Waals surface area contributed by atoms with Crippen LogP contribution in [0.4, 0.5) is 8.78 Å². The van der Waals surface area contributed by atoms with Gasteiger partial charge in [-0.05, 0) is 0 Å². The van der Waals surface area contributed by atoms with Crippen molar-refractivity contribution in [3.8, 4) is 0 Å². The Morgan fingerprint density at radius 2 is 0.826 bits per heavy atom. The Morgan fingerprint density at radius 3 is 1.04 bits per heavy atom. The second kappa shape index (κ2) is 6.29. The van der Waals surface area contributed by atoms with E-state index in [1.165, 1.54) is 0 Å². The van der Waals surface area contributed by atoms with E-state index in [0.29, 0.717) is 15.9 Å². The predicted molar refractivity (Wildman–Crippen MR) is 105 cm³/mol. The molecule has 118 valence electrons. The third-order valence-electron chi connectivity index (χ3n) is 4.15. The standard InChI is InChI=1S/C19H16F2IP/c20-19(21)23(22,16-10-4-1-5-11-16,17-12-6-2-7-13-17)18-14-8-3-9-15-18/h1-15,19H. The van der Waals surface area contributed by atoms with Crippen LogP contribution in [0.1, 0.15) is 0 Å². The van der Waals surface area contributed by atoms with Gasteiger partial charge in [0.05, 0.1) is 0 Å². The van der Waals surface area contributed by atoms with Gasteiger partial charge in [-0.25, -0.2) is 0 Å². The van der Waals surface area contributed by atoms with Crippen molar-refractivity contribution in [1.29, 1.82) is 0 Å². The van der Waals surface area contributed by atoms with E-state index >= 15 is 0 Å². The molecule has 0 aliphatic carbocycles. The van der Waals surface area contributed by atoms with E-state index in [0.717, 1.165) is 0 Å². The van der Waals surface area contributed by atoms with Gasteiger partial charge in [-0.15, -0.1) is 0 Å². The molecule has 0 radical (unpaired) electrons. The normalized spacial score (nSPS) is 13.5. The maximum absolute atomic E-state index is 14.8. The molecule has 3 aromatic carbocycles. The monoisotopic (exact) mass is 440 g/mol. The van der Waals surface area contributed by atoms with E-state index in [1.54, 1.807) is 0 Å². The summed E-state index contributed by atoms with van der Waals surface area (Å²) in [5.74, 6) is 0. The fourth-order valence-electron chi connectivity index (χ4n) is 2.94. The minimum absolute atomic E-state index is 0.700.